The Balaban J connectivity index is 2.08. The van der Waals surface area contributed by atoms with Gasteiger partial charge in [0.05, 0.1) is 12.6 Å². The van der Waals surface area contributed by atoms with Crippen molar-refractivity contribution in [2.24, 2.45) is 0 Å². The molecule has 2 rings (SSSR count). The van der Waals surface area contributed by atoms with Crippen LogP contribution in [0.2, 0.25) is 0 Å². The van der Waals surface area contributed by atoms with E-state index < -0.39 is 0 Å². The summed E-state index contributed by atoms with van der Waals surface area (Å²) in [6, 6.07) is 12.4. The molecule has 0 radical (unpaired) electrons. The quantitative estimate of drug-likeness (QED) is 0.705. The molecule has 0 aliphatic heterocycles. The highest BCUT2D eigenvalue weighted by Gasteiger charge is 2.16. The zero-order chi connectivity index (χ0) is 17.5. The molecule has 1 aromatic heterocycles. The Morgan fingerprint density at radius 3 is 2.25 bits per heavy atom. The van der Waals surface area contributed by atoms with E-state index in [1.54, 1.807) is 11.3 Å². The molecule has 2 aromatic rings. The lowest BCUT2D eigenvalue weighted by Crippen LogP contribution is -2.45. The second-order valence-electron chi connectivity index (χ2n) is 5.88. The van der Waals surface area contributed by atoms with Crippen molar-refractivity contribution >= 4 is 23.2 Å². The van der Waals surface area contributed by atoms with Gasteiger partial charge in [0.1, 0.15) is 0 Å². The normalized spacial score (nSPS) is 12.0. The molecule has 3 N–H and O–H groups in total. The van der Waals surface area contributed by atoms with Crippen molar-refractivity contribution in [2.75, 3.05) is 6.54 Å². The lowest BCUT2D eigenvalue weighted by Gasteiger charge is -2.19. The number of hydrogen-bond donors (Lipinski definition) is 3. The number of benzene rings is 1. The molecule has 1 aromatic carbocycles. The average Bonchev–Trinajstić information content (AvgIpc) is 3.08. The first-order valence-electron chi connectivity index (χ1n) is 7.89. The van der Waals surface area contributed by atoms with E-state index in [1.165, 1.54) is 12.5 Å². The largest absolute Gasteiger partial charge is 0.297 e. The third-order valence-corrected chi connectivity index (χ3v) is 4.55. The van der Waals surface area contributed by atoms with Crippen molar-refractivity contribution < 1.29 is 9.59 Å². The Morgan fingerprint density at radius 1 is 1.04 bits per heavy atom. The Hall–Kier alpha value is -2.18. The highest BCUT2D eigenvalue weighted by molar-refractivity contribution is 7.10. The summed E-state index contributed by atoms with van der Waals surface area (Å²) in [6.07, 6.45) is 0. The summed E-state index contributed by atoms with van der Waals surface area (Å²) in [5.41, 5.74) is 7.04. The van der Waals surface area contributed by atoms with Gasteiger partial charge in [-0.3, -0.25) is 25.8 Å². The maximum Gasteiger partial charge on any atom is 0.252 e. The summed E-state index contributed by atoms with van der Waals surface area (Å²) in [6.45, 7) is 5.78. The minimum absolute atomic E-state index is 0.0608. The second-order valence-corrected chi connectivity index (χ2v) is 6.86. The van der Waals surface area contributed by atoms with Gasteiger partial charge in [-0.15, -0.1) is 11.3 Å². The number of carbonyl (C=O) groups is 2. The molecule has 128 valence electrons. The molecule has 0 bridgehead atoms. The van der Waals surface area contributed by atoms with Crippen LogP contribution in [0.4, 0.5) is 0 Å². The third kappa shape index (κ3) is 5.18. The van der Waals surface area contributed by atoms with Gasteiger partial charge in [0.15, 0.2) is 0 Å². The van der Waals surface area contributed by atoms with E-state index in [4.69, 9.17) is 0 Å². The zero-order valence-electron chi connectivity index (χ0n) is 14.1. The number of hydrazine groups is 1. The predicted molar refractivity (Wildman–Crippen MR) is 96.7 cm³/mol. The molecule has 0 saturated heterocycles. The number of nitrogens with one attached hydrogen (secondary N) is 3. The van der Waals surface area contributed by atoms with Crippen LogP contribution >= 0.6 is 11.3 Å². The lowest BCUT2D eigenvalue weighted by atomic mass is 9.98. The molecule has 0 fully saturated rings. The van der Waals surface area contributed by atoms with E-state index in [9.17, 15) is 9.59 Å². The SMILES string of the molecule is CC(=O)NNC(=O)CN[C@@H](c1ccc(C(C)C)cc1)c1cccs1. The topological polar surface area (TPSA) is 70.2 Å². The van der Waals surface area contributed by atoms with Crippen molar-refractivity contribution in [3.63, 3.8) is 0 Å². The van der Waals surface area contributed by atoms with Crippen molar-refractivity contribution in [1.29, 1.82) is 0 Å². The molecule has 0 saturated carbocycles. The van der Waals surface area contributed by atoms with Crippen LogP contribution in [0.5, 0.6) is 0 Å². The van der Waals surface area contributed by atoms with E-state index in [2.05, 4.69) is 54.3 Å². The van der Waals surface area contributed by atoms with Gasteiger partial charge in [0, 0.05) is 11.8 Å². The average molecular weight is 345 g/mol. The van der Waals surface area contributed by atoms with Crippen molar-refractivity contribution in [2.45, 2.75) is 32.7 Å². The second kappa shape index (κ2) is 8.61. The first-order chi connectivity index (χ1) is 11.5. The highest BCUT2D eigenvalue weighted by Crippen LogP contribution is 2.27. The standard InChI is InChI=1S/C18H23N3O2S/c1-12(2)14-6-8-15(9-7-14)18(16-5-4-10-24-16)19-11-17(23)21-20-13(3)22/h4-10,12,18-19H,11H2,1-3H3,(H,20,22)(H,21,23)/t18-/m0/s1. The molecular formula is C18H23N3O2S. The van der Waals surface area contributed by atoms with Crippen molar-refractivity contribution in [3.05, 3.63) is 57.8 Å². The fourth-order valence-corrected chi connectivity index (χ4v) is 3.14. The van der Waals surface area contributed by atoms with Crippen LogP contribution in [-0.2, 0) is 9.59 Å². The Kier molecular flexibility index (Phi) is 6.52. The molecule has 1 atom stereocenters. The summed E-state index contributed by atoms with van der Waals surface area (Å²) in [5, 5.41) is 5.28. The predicted octanol–water partition coefficient (Wildman–Crippen LogP) is 2.72. The summed E-state index contributed by atoms with van der Waals surface area (Å²) in [5.74, 6) is -0.108. The molecule has 6 heteroatoms. The third-order valence-electron chi connectivity index (χ3n) is 3.61. The number of rotatable bonds is 6. The Morgan fingerprint density at radius 2 is 1.71 bits per heavy atom. The monoisotopic (exact) mass is 345 g/mol. The van der Waals surface area contributed by atoms with Crippen LogP contribution in [0.3, 0.4) is 0 Å². The first kappa shape index (κ1) is 18.2. The summed E-state index contributed by atoms with van der Waals surface area (Å²) in [4.78, 5) is 23.8. The van der Waals surface area contributed by atoms with E-state index in [-0.39, 0.29) is 24.4 Å². The van der Waals surface area contributed by atoms with Crippen LogP contribution in [0, 0.1) is 0 Å². The molecule has 2 amide bonds. The summed E-state index contributed by atoms with van der Waals surface area (Å²) in [7, 11) is 0. The number of thiophene rings is 1. The van der Waals surface area contributed by atoms with Gasteiger partial charge < -0.3 is 0 Å². The van der Waals surface area contributed by atoms with Crippen LogP contribution < -0.4 is 16.2 Å². The lowest BCUT2D eigenvalue weighted by molar-refractivity contribution is -0.127. The van der Waals surface area contributed by atoms with Crippen LogP contribution in [0.1, 0.15) is 48.7 Å². The van der Waals surface area contributed by atoms with Gasteiger partial charge in [0.25, 0.3) is 5.91 Å². The van der Waals surface area contributed by atoms with E-state index in [0.717, 1.165) is 10.4 Å². The molecule has 0 unspecified atom stereocenters. The van der Waals surface area contributed by atoms with Gasteiger partial charge in [-0.2, -0.15) is 0 Å². The molecule has 24 heavy (non-hydrogen) atoms. The molecular weight excluding hydrogens is 322 g/mol. The molecule has 1 heterocycles. The van der Waals surface area contributed by atoms with Gasteiger partial charge in [-0.25, -0.2) is 0 Å². The van der Waals surface area contributed by atoms with Crippen LogP contribution in [0.15, 0.2) is 41.8 Å². The Bertz CT molecular complexity index is 666. The van der Waals surface area contributed by atoms with Crippen LogP contribution in [-0.4, -0.2) is 18.4 Å². The van der Waals surface area contributed by atoms with Gasteiger partial charge in [-0.05, 0) is 28.5 Å². The van der Waals surface area contributed by atoms with Crippen LogP contribution in [0.25, 0.3) is 0 Å². The smallest absolute Gasteiger partial charge is 0.252 e. The van der Waals surface area contributed by atoms with Crippen molar-refractivity contribution in [1.82, 2.24) is 16.2 Å². The molecule has 0 spiro atoms. The number of hydrogen-bond acceptors (Lipinski definition) is 4. The molecule has 0 aliphatic carbocycles. The van der Waals surface area contributed by atoms with Gasteiger partial charge in [0.2, 0.25) is 5.91 Å². The number of amides is 2. The summed E-state index contributed by atoms with van der Waals surface area (Å²) < 4.78 is 0. The fraction of sp³-hybridized carbons (Fsp3) is 0.333. The fourth-order valence-electron chi connectivity index (χ4n) is 2.31. The van der Waals surface area contributed by atoms with Crippen molar-refractivity contribution in [3.8, 4) is 0 Å². The summed E-state index contributed by atoms with van der Waals surface area (Å²) >= 11 is 1.64. The van der Waals surface area contributed by atoms with E-state index in [1.807, 2.05) is 17.5 Å². The first-order valence-corrected chi connectivity index (χ1v) is 8.77. The molecule has 0 aliphatic rings. The van der Waals surface area contributed by atoms with E-state index in [0.29, 0.717) is 5.92 Å². The van der Waals surface area contributed by atoms with E-state index >= 15 is 0 Å². The van der Waals surface area contributed by atoms with Gasteiger partial charge in [-0.1, -0.05) is 44.2 Å². The maximum absolute atomic E-state index is 11.8. The minimum atomic E-state index is -0.303. The number of carbonyl (C=O) groups excluding carboxylic acids is 2. The van der Waals surface area contributed by atoms with Gasteiger partial charge >= 0.3 is 0 Å². The highest BCUT2D eigenvalue weighted by atomic mass is 32.1. The Labute approximate surface area is 146 Å². The zero-order valence-corrected chi connectivity index (χ0v) is 14.9. The maximum atomic E-state index is 11.8. The minimum Gasteiger partial charge on any atom is -0.297 e. The molecule has 5 nitrogen and oxygen atoms in total.